The number of hydrogen-bond acceptors (Lipinski definition) is 5. The Morgan fingerprint density at radius 3 is 2.55 bits per heavy atom. The number of nitrogens with zero attached hydrogens (tertiary/aromatic N) is 1. The number of anilines is 1. The van der Waals surface area contributed by atoms with Gasteiger partial charge >= 0.3 is 29.6 Å². The van der Waals surface area contributed by atoms with Crippen molar-refractivity contribution < 1.29 is 48.9 Å². The van der Waals surface area contributed by atoms with Crippen LogP contribution >= 0.6 is 0 Å². The van der Waals surface area contributed by atoms with E-state index in [0.717, 1.165) is 22.6 Å². The number of fused-ring (bicyclic) bond motifs is 1. The number of rotatable bonds is 6. The van der Waals surface area contributed by atoms with E-state index < -0.39 is 5.97 Å². The summed E-state index contributed by atoms with van der Waals surface area (Å²) in [5.74, 6) is -0.0443. The summed E-state index contributed by atoms with van der Waals surface area (Å²) in [5, 5.41) is 11.4. The van der Waals surface area contributed by atoms with Crippen LogP contribution in [-0.2, 0) is 13.2 Å². The van der Waals surface area contributed by atoms with E-state index in [0.29, 0.717) is 32.1 Å². The molecular formula is C23H20NNaO4. The summed E-state index contributed by atoms with van der Waals surface area (Å²) in [6.45, 7) is 2.17. The number of aromatic carboxylic acids is 1. The van der Waals surface area contributed by atoms with Crippen LogP contribution in [0.15, 0.2) is 72.8 Å². The number of carbonyl (C=O) groups excluding carboxylic acids is 1. The topological polar surface area (TPSA) is 61.8 Å². The fraction of sp³-hybridized carbons (Fsp3) is 0.174. The largest absolute Gasteiger partial charge is 1.00 e. The van der Waals surface area contributed by atoms with E-state index in [2.05, 4.69) is 4.90 Å². The Hall–Kier alpha value is -2.47. The van der Waals surface area contributed by atoms with Gasteiger partial charge in [-0.3, -0.25) is 0 Å². The van der Waals surface area contributed by atoms with Crippen LogP contribution in [0.5, 0.6) is 11.5 Å². The van der Waals surface area contributed by atoms with Crippen molar-refractivity contribution in [1.29, 1.82) is 0 Å². The first-order valence-electron chi connectivity index (χ1n) is 9.19. The van der Waals surface area contributed by atoms with Gasteiger partial charge in [0.15, 0.2) is 5.75 Å². The molecule has 0 saturated carbocycles. The molecule has 1 heterocycles. The molecular weight excluding hydrogens is 377 g/mol. The van der Waals surface area contributed by atoms with Crippen LogP contribution in [-0.4, -0.2) is 19.1 Å². The Kier molecular flexibility index (Phi) is 7.20. The minimum absolute atomic E-state index is 0. The summed E-state index contributed by atoms with van der Waals surface area (Å²) in [5.41, 5.74) is 2.97. The maximum Gasteiger partial charge on any atom is 1.00 e. The molecule has 142 valence electrons. The van der Waals surface area contributed by atoms with E-state index >= 15 is 0 Å². The third-order valence-corrected chi connectivity index (χ3v) is 4.73. The van der Waals surface area contributed by atoms with Crippen LogP contribution in [0.2, 0.25) is 0 Å². The molecule has 0 saturated heterocycles. The molecule has 3 aromatic rings. The van der Waals surface area contributed by atoms with Gasteiger partial charge in [0.25, 0.3) is 0 Å². The van der Waals surface area contributed by atoms with Crippen molar-refractivity contribution in [3.63, 3.8) is 0 Å². The molecule has 0 radical (unpaired) electrons. The van der Waals surface area contributed by atoms with Gasteiger partial charge in [0.2, 0.25) is 0 Å². The van der Waals surface area contributed by atoms with E-state index in [4.69, 9.17) is 9.47 Å². The molecule has 0 N–H and O–H groups in total. The summed E-state index contributed by atoms with van der Waals surface area (Å²) in [4.78, 5) is 13.5. The second kappa shape index (κ2) is 9.83. The average Bonchev–Trinajstić information content (AvgIpc) is 2.73. The molecule has 0 bridgehead atoms. The molecule has 0 aromatic heterocycles. The summed E-state index contributed by atoms with van der Waals surface area (Å²) >= 11 is 0. The number of benzene rings is 3. The summed E-state index contributed by atoms with van der Waals surface area (Å²) in [7, 11) is 0. The van der Waals surface area contributed by atoms with Gasteiger partial charge in [-0.2, -0.15) is 0 Å². The molecule has 5 nitrogen and oxygen atoms in total. The fourth-order valence-electron chi connectivity index (χ4n) is 3.35. The van der Waals surface area contributed by atoms with Gasteiger partial charge in [0.1, 0.15) is 19.0 Å². The Bertz CT molecular complexity index is 978. The van der Waals surface area contributed by atoms with Crippen LogP contribution < -0.4 is 49.0 Å². The molecule has 4 rings (SSSR count). The molecule has 29 heavy (non-hydrogen) atoms. The number of carbonyl (C=O) groups is 1. The van der Waals surface area contributed by atoms with Crippen LogP contribution in [0, 0.1) is 0 Å². The Balaban J connectivity index is 0.00000240. The van der Waals surface area contributed by atoms with Crippen LogP contribution in [0.4, 0.5) is 5.69 Å². The van der Waals surface area contributed by atoms with Gasteiger partial charge in [-0.25, -0.2) is 0 Å². The van der Waals surface area contributed by atoms with E-state index in [-0.39, 0.29) is 35.1 Å². The molecule has 0 spiro atoms. The van der Waals surface area contributed by atoms with Gasteiger partial charge < -0.3 is 24.3 Å². The predicted octanol–water partition coefficient (Wildman–Crippen LogP) is 0.0321. The zero-order chi connectivity index (χ0) is 19.3. The molecule has 6 heteroatoms. The van der Waals surface area contributed by atoms with Crippen LogP contribution in [0.3, 0.4) is 0 Å². The number of carboxylic acid groups (broad SMARTS) is 1. The van der Waals surface area contributed by atoms with Gasteiger partial charge in [-0.1, -0.05) is 54.6 Å². The summed E-state index contributed by atoms with van der Waals surface area (Å²) < 4.78 is 11.7. The zero-order valence-corrected chi connectivity index (χ0v) is 18.3. The normalized spacial score (nSPS) is 12.3. The fourth-order valence-corrected chi connectivity index (χ4v) is 3.35. The maximum absolute atomic E-state index is 11.4. The second-order valence-electron chi connectivity index (χ2n) is 6.59. The van der Waals surface area contributed by atoms with E-state index in [1.54, 1.807) is 6.07 Å². The molecule has 0 aliphatic carbocycles. The van der Waals surface area contributed by atoms with Gasteiger partial charge in [-0.15, -0.1) is 0 Å². The van der Waals surface area contributed by atoms with Gasteiger partial charge in [-0.05, 0) is 23.8 Å². The quantitative estimate of drug-likeness (QED) is 0.550. The third kappa shape index (κ3) is 4.93. The van der Waals surface area contributed by atoms with Crippen molar-refractivity contribution in [2.75, 3.05) is 18.1 Å². The van der Waals surface area contributed by atoms with Crippen molar-refractivity contribution in [3.8, 4) is 11.5 Å². The Morgan fingerprint density at radius 2 is 1.76 bits per heavy atom. The minimum atomic E-state index is -1.23. The Labute approximate surface area is 192 Å². The second-order valence-corrected chi connectivity index (χ2v) is 6.59. The molecule has 0 unspecified atom stereocenters. The summed E-state index contributed by atoms with van der Waals surface area (Å²) in [6.07, 6.45) is 0. The van der Waals surface area contributed by atoms with E-state index in [1.807, 2.05) is 60.7 Å². The monoisotopic (exact) mass is 397 g/mol. The predicted molar refractivity (Wildman–Crippen MR) is 105 cm³/mol. The van der Waals surface area contributed by atoms with Crippen molar-refractivity contribution in [2.45, 2.75) is 13.2 Å². The number of hydrogen-bond donors (Lipinski definition) is 0. The number of carboxylic acids is 1. The molecule has 1 aliphatic heterocycles. The van der Waals surface area contributed by atoms with Crippen molar-refractivity contribution in [1.82, 2.24) is 0 Å². The van der Waals surface area contributed by atoms with Crippen molar-refractivity contribution in [2.24, 2.45) is 0 Å². The SMILES string of the molecule is O=C([O-])c1cccc2c1OCCN2Cc1ccccc1OCc1ccccc1.[Na+]. The first-order valence-corrected chi connectivity index (χ1v) is 9.19. The van der Waals surface area contributed by atoms with Gasteiger partial charge in [0.05, 0.1) is 18.2 Å². The van der Waals surface area contributed by atoms with Crippen LogP contribution in [0.25, 0.3) is 0 Å². The first-order chi connectivity index (χ1) is 13.7. The van der Waals surface area contributed by atoms with E-state index in [9.17, 15) is 9.90 Å². The van der Waals surface area contributed by atoms with Crippen molar-refractivity contribution in [3.05, 3.63) is 89.5 Å². The molecule has 0 amide bonds. The molecule has 1 aliphatic rings. The molecule has 0 fully saturated rings. The minimum Gasteiger partial charge on any atom is -0.545 e. The smallest absolute Gasteiger partial charge is 0.545 e. The number of para-hydroxylation sites is 2. The zero-order valence-electron chi connectivity index (χ0n) is 16.3. The molecule has 3 aromatic carbocycles. The van der Waals surface area contributed by atoms with Gasteiger partial charge in [0, 0.05) is 17.7 Å². The Morgan fingerprint density at radius 1 is 1.00 bits per heavy atom. The number of ether oxygens (including phenoxy) is 2. The third-order valence-electron chi connectivity index (χ3n) is 4.73. The molecule has 0 atom stereocenters. The standard InChI is InChI=1S/C23H21NO4.Na/c25-23(26)19-10-6-11-20-22(19)27-14-13-24(20)15-18-9-4-5-12-21(18)28-16-17-7-2-1-3-8-17;/h1-12H,13-16H2,(H,25,26);/q;+1/p-1. The first kappa shape index (κ1) is 21.2. The van der Waals surface area contributed by atoms with Crippen molar-refractivity contribution >= 4 is 11.7 Å². The average molecular weight is 397 g/mol. The van der Waals surface area contributed by atoms with E-state index in [1.165, 1.54) is 6.07 Å². The van der Waals surface area contributed by atoms with Crippen LogP contribution in [0.1, 0.15) is 21.5 Å². The summed E-state index contributed by atoms with van der Waals surface area (Å²) in [6, 6.07) is 23.0. The maximum atomic E-state index is 11.4.